The molecule has 11 heavy (non-hydrogen) atoms. The van der Waals surface area contributed by atoms with E-state index in [1.165, 1.54) is 6.08 Å². The molecule has 0 aromatic rings. The molecule has 0 saturated carbocycles. The molecule has 0 aromatic carbocycles. The van der Waals surface area contributed by atoms with Gasteiger partial charge in [-0.1, -0.05) is 19.9 Å². The largest absolute Gasteiger partial charge is 0.393 e. The second-order valence-corrected chi connectivity index (χ2v) is 2.99. The maximum Gasteiger partial charge on any atom is 0.0721 e. The summed E-state index contributed by atoms with van der Waals surface area (Å²) in [7, 11) is 0. The quantitative estimate of drug-likeness (QED) is 0.593. The Morgan fingerprint density at radius 3 is 2.36 bits per heavy atom. The van der Waals surface area contributed by atoms with E-state index in [0.29, 0.717) is 6.42 Å². The van der Waals surface area contributed by atoms with E-state index in [-0.39, 0.29) is 12.0 Å². The first-order valence-electron chi connectivity index (χ1n) is 4.10. The Morgan fingerprint density at radius 1 is 1.45 bits per heavy atom. The van der Waals surface area contributed by atoms with Gasteiger partial charge in [0.15, 0.2) is 0 Å². The van der Waals surface area contributed by atoms with Gasteiger partial charge in [0.2, 0.25) is 0 Å². The fraction of sp³-hybridized carbons (Fsp3) is 0.778. The molecule has 0 aliphatic rings. The number of rotatable bonds is 5. The first kappa shape index (κ1) is 10.7. The second kappa shape index (κ2) is 5.33. The van der Waals surface area contributed by atoms with Crippen molar-refractivity contribution in [3.05, 3.63) is 12.7 Å². The Bertz CT molecular complexity index is 112. The Labute approximate surface area is 68.6 Å². The SMILES string of the molecule is C=CC(O)CC(C)C(O)CC. The van der Waals surface area contributed by atoms with Crippen LogP contribution >= 0.6 is 0 Å². The van der Waals surface area contributed by atoms with Gasteiger partial charge in [0.1, 0.15) is 0 Å². The van der Waals surface area contributed by atoms with Crippen LogP contribution in [0.3, 0.4) is 0 Å². The Hall–Kier alpha value is -0.340. The molecule has 0 spiro atoms. The van der Waals surface area contributed by atoms with Crippen LogP contribution in [0.25, 0.3) is 0 Å². The van der Waals surface area contributed by atoms with Crippen LogP contribution in [0.4, 0.5) is 0 Å². The molecule has 0 heterocycles. The molecular weight excluding hydrogens is 140 g/mol. The molecule has 3 atom stereocenters. The maximum absolute atomic E-state index is 9.33. The molecule has 0 aliphatic heterocycles. The normalized spacial score (nSPS) is 18.9. The first-order chi connectivity index (χ1) is 5.11. The Morgan fingerprint density at radius 2 is 2.00 bits per heavy atom. The van der Waals surface area contributed by atoms with Crippen LogP contribution in [0, 0.1) is 5.92 Å². The highest BCUT2D eigenvalue weighted by Gasteiger charge is 2.14. The topological polar surface area (TPSA) is 40.5 Å². The number of aliphatic hydroxyl groups is 2. The third-order valence-electron chi connectivity index (χ3n) is 1.96. The fourth-order valence-electron chi connectivity index (χ4n) is 1.04. The van der Waals surface area contributed by atoms with Crippen LogP contribution in [0.15, 0.2) is 12.7 Å². The Balaban J connectivity index is 3.66. The van der Waals surface area contributed by atoms with E-state index in [0.717, 1.165) is 6.42 Å². The molecule has 66 valence electrons. The van der Waals surface area contributed by atoms with Crippen LogP contribution in [-0.4, -0.2) is 22.4 Å². The van der Waals surface area contributed by atoms with Gasteiger partial charge < -0.3 is 10.2 Å². The molecule has 0 radical (unpaired) electrons. The summed E-state index contributed by atoms with van der Waals surface area (Å²) >= 11 is 0. The maximum atomic E-state index is 9.33. The third-order valence-corrected chi connectivity index (χ3v) is 1.96. The summed E-state index contributed by atoms with van der Waals surface area (Å²) in [5, 5.41) is 18.5. The summed E-state index contributed by atoms with van der Waals surface area (Å²) in [5.74, 6) is 0.146. The van der Waals surface area contributed by atoms with Gasteiger partial charge in [-0.15, -0.1) is 6.58 Å². The lowest BCUT2D eigenvalue weighted by Gasteiger charge is -2.18. The lowest BCUT2D eigenvalue weighted by Crippen LogP contribution is -2.20. The molecule has 0 bridgehead atoms. The lowest BCUT2D eigenvalue weighted by molar-refractivity contribution is 0.0811. The fourth-order valence-corrected chi connectivity index (χ4v) is 1.04. The van der Waals surface area contributed by atoms with Gasteiger partial charge in [-0.2, -0.15) is 0 Å². The van der Waals surface area contributed by atoms with Crippen LogP contribution in [0.2, 0.25) is 0 Å². The van der Waals surface area contributed by atoms with Gasteiger partial charge >= 0.3 is 0 Å². The number of aliphatic hydroxyl groups excluding tert-OH is 2. The molecule has 2 heteroatoms. The second-order valence-electron chi connectivity index (χ2n) is 2.99. The monoisotopic (exact) mass is 158 g/mol. The van der Waals surface area contributed by atoms with Gasteiger partial charge in [0.25, 0.3) is 0 Å². The summed E-state index contributed by atoms with van der Waals surface area (Å²) in [4.78, 5) is 0. The summed E-state index contributed by atoms with van der Waals surface area (Å²) in [5.41, 5.74) is 0. The standard InChI is InChI=1S/C9H18O2/c1-4-8(10)6-7(3)9(11)5-2/h4,7-11H,1,5-6H2,2-3H3. The highest BCUT2D eigenvalue weighted by Crippen LogP contribution is 2.13. The number of hydrogen-bond donors (Lipinski definition) is 2. The molecule has 2 nitrogen and oxygen atoms in total. The van der Waals surface area contributed by atoms with Gasteiger partial charge in [-0.3, -0.25) is 0 Å². The zero-order valence-corrected chi connectivity index (χ0v) is 7.33. The van der Waals surface area contributed by atoms with Crippen molar-refractivity contribution in [3.8, 4) is 0 Å². The van der Waals surface area contributed by atoms with Gasteiger partial charge in [0.05, 0.1) is 12.2 Å². The predicted octanol–water partition coefficient (Wildman–Crippen LogP) is 1.33. The molecule has 0 saturated heterocycles. The minimum atomic E-state index is -0.480. The summed E-state index contributed by atoms with van der Waals surface area (Å²) in [6.07, 6.45) is 2.05. The first-order valence-corrected chi connectivity index (χ1v) is 4.10. The molecule has 0 aliphatic carbocycles. The van der Waals surface area contributed by atoms with Crippen molar-refractivity contribution in [2.75, 3.05) is 0 Å². The van der Waals surface area contributed by atoms with E-state index < -0.39 is 6.10 Å². The van der Waals surface area contributed by atoms with Crippen LogP contribution in [-0.2, 0) is 0 Å². The third kappa shape index (κ3) is 4.17. The summed E-state index contributed by atoms with van der Waals surface area (Å²) in [6.45, 7) is 7.33. The van der Waals surface area contributed by atoms with Crippen molar-refractivity contribution in [2.24, 2.45) is 5.92 Å². The minimum absolute atomic E-state index is 0.146. The lowest BCUT2D eigenvalue weighted by atomic mass is 9.96. The van der Waals surface area contributed by atoms with Crippen molar-refractivity contribution in [3.63, 3.8) is 0 Å². The predicted molar refractivity (Wildman–Crippen MR) is 46.3 cm³/mol. The zero-order chi connectivity index (χ0) is 8.85. The molecule has 3 unspecified atom stereocenters. The summed E-state index contributed by atoms with van der Waals surface area (Å²) in [6, 6.07) is 0. The highest BCUT2D eigenvalue weighted by atomic mass is 16.3. The zero-order valence-electron chi connectivity index (χ0n) is 7.33. The van der Waals surface area contributed by atoms with E-state index in [1.807, 2.05) is 13.8 Å². The van der Waals surface area contributed by atoms with E-state index in [4.69, 9.17) is 5.11 Å². The minimum Gasteiger partial charge on any atom is -0.393 e. The molecule has 0 rings (SSSR count). The molecular formula is C9H18O2. The van der Waals surface area contributed by atoms with Crippen molar-refractivity contribution < 1.29 is 10.2 Å². The van der Waals surface area contributed by atoms with Gasteiger partial charge in [0, 0.05) is 0 Å². The molecule has 0 aromatic heterocycles. The van der Waals surface area contributed by atoms with Gasteiger partial charge in [-0.05, 0) is 18.8 Å². The van der Waals surface area contributed by atoms with Crippen LogP contribution in [0.5, 0.6) is 0 Å². The van der Waals surface area contributed by atoms with Crippen molar-refractivity contribution in [1.29, 1.82) is 0 Å². The number of hydrogen-bond acceptors (Lipinski definition) is 2. The van der Waals surface area contributed by atoms with E-state index in [9.17, 15) is 5.11 Å². The highest BCUT2D eigenvalue weighted by molar-refractivity contribution is 4.80. The molecule has 0 fully saturated rings. The smallest absolute Gasteiger partial charge is 0.0721 e. The summed E-state index contributed by atoms with van der Waals surface area (Å²) < 4.78 is 0. The van der Waals surface area contributed by atoms with Crippen LogP contribution in [0.1, 0.15) is 26.7 Å². The van der Waals surface area contributed by atoms with E-state index in [1.54, 1.807) is 0 Å². The van der Waals surface area contributed by atoms with E-state index in [2.05, 4.69) is 6.58 Å². The van der Waals surface area contributed by atoms with Crippen molar-refractivity contribution in [2.45, 2.75) is 38.9 Å². The van der Waals surface area contributed by atoms with Crippen LogP contribution < -0.4 is 0 Å². The van der Waals surface area contributed by atoms with E-state index >= 15 is 0 Å². The average molecular weight is 158 g/mol. The van der Waals surface area contributed by atoms with Crippen molar-refractivity contribution in [1.82, 2.24) is 0 Å². The average Bonchev–Trinajstić information content (AvgIpc) is 2.02. The van der Waals surface area contributed by atoms with Crippen molar-refractivity contribution >= 4 is 0 Å². The molecule has 0 amide bonds. The molecule has 2 N–H and O–H groups in total. The Kier molecular flexibility index (Phi) is 5.16. The van der Waals surface area contributed by atoms with Gasteiger partial charge in [-0.25, -0.2) is 0 Å².